The zero-order valence-electron chi connectivity index (χ0n) is 21.8. The summed E-state index contributed by atoms with van der Waals surface area (Å²) in [5, 5.41) is 101. The zero-order valence-corrected chi connectivity index (χ0v) is 21.8. The second-order valence-electron chi connectivity index (χ2n) is 10.1. The fourth-order valence-electron chi connectivity index (χ4n) is 4.89. The second kappa shape index (κ2) is 12.2. The Bertz CT molecular complexity index is 1250. The lowest BCUT2D eigenvalue weighted by Crippen LogP contribution is -2.59. The van der Waals surface area contributed by atoms with Gasteiger partial charge in [0, 0.05) is 23.3 Å². The Labute approximate surface area is 238 Å². The van der Waals surface area contributed by atoms with E-state index in [1.807, 2.05) is 0 Å². The first-order chi connectivity index (χ1) is 20.0. The van der Waals surface area contributed by atoms with E-state index in [-0.39, 0.29) is 34.4 Å². The summed E-state index contributed by atoms with van der Waals surface area (Å²) in [6.45, 7) is -1.39. The van der Waals surface area contributed by atoms with Gasteiger partial charge in [-0.2, -0.15) is 0 Å². The maximum absolute atomic E-state index is 10.6. The fraction of sp³-hybridized carbons (Fsp3) is 0.481. The normalized spacial score (nSPS) is 38.5. The van der Waals surface area contributed by atoms with E-state index in [0.717, 1.165) is 6.08 Å². The number of phenolic OH excluding ortho intramolecular Hbond substituents is 1. The van der Waals surface area contributed by atoms with Gasteiger partial charge in [-0.3, -0.25) is 0 Å². The molecule has 2 saturated heterocycles. The van der Waals surface area contributed by atoms with Gasteiger partial charge in [0.25, 0.3) is 0 Å². The van der Waals surface area contributed by atoms with Crippen LogP contribution in [-0.2, 0) is 23.7 Å². The Morgan fingerprint density at radius 2 is 1.21 bits per heavy atom. The highest BCUT2D eigenvalue weighted by atomic mass is 16.7. The lowest BCUT2D eigenvalue weighted by molar-refractivity contribution is -0.291. The molecule has 4 aliphatic rings. The quantitative estimate of drug-likeness (QED) is 0.154. The van der Waals surface area contributed by atoms with Gasteiger partial charge < -0.3 is 74.7 Å². The van der Waals surface area contributed by atoms with E-state index in [0.29, 0.717) is 5.56 Å². The largest absolute Gasteiger partial charge is 0.508 e. The Hall–Kier alpha value is -3.22. The molecule has 1 aromatic carbocycles. The van der Waals surface area contributed by atoms with Gasteiger partial charge in [-0.05, 0) is 30.3 Å². The Balaban J connectivity index is 1.51. The molecule has 15 nitrogen and oxygen atoms in total. The molecule has 1 aromatic rings. The van der Waals surface area contributed by atoms with Crippen LogP contribution in [0, 0.1) is 0 Å². The van der Waals surface area contributed by atoms with E-state index in [9.17, 15) is 51.1 Å². The predicted octanol–water partition coefficient (Wildman–Crippen LogP) is -2.64. The number of aromatic hydroxyl groups is 1. The van der Waals surface area contributed by atoms with E-state index in [4.69, 9.17) is 23.7 Å². The van der Waals surface area contributed by atoms with Gasteiger partial charge in [0.1, 0.15) is 72.2 Å². The number of rotatable bonds is 7. The standard InChI is InChI=1S/C27H32O15/c28-8-17-19(32)21(34)23(36)26(41-17)39-15-6-12(31)5-14-13(15)7-16(25(38-14)10-1-3-11(30)4-2-10)40-27-24(37)22(35)20(33)18(9-29)42-27/h1-7,14,17-24,26-37H,8-9H2/t14?,17-,18-,19-,20-,21+,22+,23-,24-,26+,27+/m1/s1. The van der Waals surface area contributed by atoms with E-state index < -0.39 is 80.7 Å². The van der Waals surface area contributed by atoms with Crippen LogP contribution in [0.5, 0.6) is 5.75 Å². The summed E-state index contributed by atoms with van der Waals surface area (Å²) in [6.07, 6.45) is -13.1. The van der Waals surface area contributed by atoms with E-state index in [2.05, 4.69) is 0 Å². The molecule has 15 heteroatoms. The molecule has 0 radical (unpaired) electrons. The third kappa shape index (κ3) is 5.71. The molecule has 0 spiro atoms. The van der Waals surface area contributed by atoms with Crippen LogP contribution < -0.4 is 0 Å². The van der Waals surface area contributed by atoms with Gasteiger partial charge in [0.05, 0.1) is 13.2 Å². The summed E-state index contributed by atoms with van der Waals surface area (Å²) >= 11 is 0. The van der Waals surface area contributed by atoms with Gasteiger partial charge >= 0.3 is 0 Å². The van der Waals surface area contributed by atoms with E-state index in [1.54, 1.807) is 0 Å². The minimum atomic E-state index is -1.76. The third-order valence-electron chi connectivity index (χ3n) is 7.26. The van der Waals surface area contributed by atoms with Gasteiger partial charge in [-0.1, -0.05) is 0 Å². The summed E-state index contributed by atoms with van der Waals surface area (Å²) in [7, 11) is 0. The molecule has 11 atom stereocenters. The number of allylic oxidation sites excluding steroid dienone is 2. The molecule has 3 aliphatic heterocycles. The highest BCUT2D eigenvalue weighted by Gasteiger charge is 2.47. The minimum Gasteiger partial charge on any atom is -0.508 e. The van der Waals surface area contributed by atoms with Crippen LogP contribution in [0.15, 0.2) is 65.3 Å². The van der Waals surface area contributed by atoms with Crippen LogP contribution in [0.1, 0.15) is 5.56 Å². The molecule has 3 heterocycles. The second-order valence-corrected chi connectivity index (χ2v) is 10.1. The summed E-state index contributed by atoms with van der Waals surface area (Å²) in [5.41, 5.74) is 0.563. The molecule has 5 rings (SSSR count). The topological polar surface area (TPSA) is 248 Å². The first-order valence-electron chi connectivity index (χ1n) is 13.0. The summed E-state index contributed by atoms with van der Waals surface area (Å²) in [6, 6.07) is 5.73. The molecule has 0 saturated carbocycles. The molecule has 230 valence electrons. The zero-order chi connectivity index (χ0) is 30.3. The molecule has 0 amide bonds. The van der Waals surface area contributed by atoms with Gasteiger partial charge in [0.15, 0.2) is 11.5 Å². The van der Waals surface area contributed by atoms with Crippen molar-refractivity contribution >= 4 is 5.76 Å². The van der Waals surface area contributed by atoms with Crippen molar-refractivity contribution in [3.63, 3.8) is 0 Å². The van der Waals surface area contributed by atoms with E-state index >= 15 is 0 Å². The number of fused-ring (bicyclic) bond motifs is 1. The van der Waals surface area contributed by atoms with Crippen molar-refractivity contribution in [3.05, 3.63) is 70.9 Å². The summed E-state index contributed by atoms with van der Waals surface area (Å²) in [4.78, 5) is 0. The van der Waals surface area contributed by atoms with Crippen LogP contribution in [0.25, 0.3) is 5.76 Å². The Morgan fingerprint density at radius 1 is 0.667 bits per heavy atom. The van der Waals surface area contributed by atoms with Crippen LogP contribution in [0.4, 0.5) is 0 Å². The predicted molar refractivity (Wildman–Crippen MR) is 136 cm³/mol. The number of ether oxygens (including phenoxy) is 5. The fourth-order valence-corrected chi connectivity index (χ4v) is 4.89. The smallest absolute Gasteiger partial charge is 0.229 e. The van der Waals surface area contributed by atoms with Crippen LogP contribution in [-0.4, -0.2) is 132 Å². The third-order valence-corrected chi connectivity index (χ3v) is 7.26. The number of aliphatic hydroxyl groups excluding tert-OH is 9. The Kier molecular flexibility index (Phi) is 8.77. The molecule has 1 unspecified atom stereocenters. The minimum absolute atomic E-state index is 0.0406. The SMILES string of the molecule is OC[C@H]1O[C@H](OC2=CC(O)=CC3OC(c4ccc(O)cc4)=C(O[C@H]4O[C@H](CO)[C@@H](O)[C@H](O)[C@H]4O)C=C23)[C@H](O)[C@@H](O)[C@@H]1O. The number of benzene rings is 1. The first-order valence-corrected chi connectivity index (χ1v) is 13.0. The maximum Gasteiger partial charge on any atom is 0.229 e. The molecule has 10 N–H and O–H groups in total. The highest BCUT2D eigenvalue weighted by Crippen LogP contribution is 2.40. The molecule has 42 heavy (non-hydrogen) atoms. The van der Waals surface area contributed by atoms with Gasteiger partial charge in [-0.15, -0.1) is 0 Å². The number of hydrogen-bond acceptors (Lipinski definition) is 15. The highest BCUT2D eigenvalue weighted by molar-refractivity contribution is 5.68. The monoisotopic (exact) mass is 596 g/mol. The maximum atomic E-state index is 10.6. The number of aliphatic hydroxyl groups is 9. The van der Waals surface area contributed by atoms with Crippen molar-refractivity contribution < 1.29 is 74.7 Å². The lowest BCUT2D eigenvalue weighted by Gasteiger charge is -2.41. The van der Waals surface area contributed by atoms with E-state index in [1.165, 1.54) is 36.4 Å². The molecular weight excluding hydrogens is 564 g/mol. The Morgan fingerprint density at radius 3 is 1.76 bits per heavy atom. The molecule has 0 aromatic heterocycles. The van der Waals surface area contributed by atoms with Gasteiger partial charge in [-0.25, -0.2) is 0 Å². The van der Waals surface area contributed by atoms with Crippen molar-refractivity contribution in [3.8, 4) is 5.75 Å². The average molecular weight is 597 g/mol. The number of hydrogen-bond donors (Lipinski definition) is 10. The van der Waals surface area contributed by atoms with Gasteiger partial charge in [0.2, 0.25) is 12.6 Å². The molecular formula is C27H32O15. The average Bonchev–Trinajstić information content (AvgIpc) is 2.98. The number of phenols is 1. The summed E-state index contributed by atoms with van der Waals surface area (Å²) < 4.78 is 28.7. The van der Waals surface area contributed by atoms with Crippen LogP contribution in [0.3, 0.4) is 0 Å². The van der Waals surface area contributed by atoms with Crippen molar-refractivity contribution in [1.82, 2.24) is 0 Å². The molecule has 2 fully saturated rings. The molecule has 0 bridgehead atoms. The summed E-state index contributed by atoms with van der Waals surface area (Å²) in [5.74, 6) is -0.534. The first kappa shape index (κ1) is 30.2. The van der Waals surface area contributed by atoms with Crippen LogP contribution in [0.2, 0.25) is 0 Å². The lowest BCUT2D eigenvalue weighted by atomic mass is 9.96. The van der Waals surface area contributed by atoms with Crippen molar-refractivity contribution in [2.45, 2.75) is 67.5 Å². The van der Waals surface area contributed by atoms with Crippen molar-refractivity contribution in [2.75, 3.05) is 13.2 Å². The molecule has 1 aliphatic carbocycles. The van der Waals surface area contributed by atoms with Crippen LogP contribution >= 0.6 is 0 Å². The van der Waals surface area contributed by atoms with Crippen molar-refractivity contribution in [1.29, 1.82) is 0 Å². The van der Waals surface area contributed by atoms with Crippen molar-refractivity contribution in [2.24, 2.45) is 0 Å².